The van der Waals surface area contributed by atoms with Crippen LogP contribution in [0, 0.1) is 10.8 Å². The molecule has 0 saturated heterocycles. The quantitative estimate of drug-likeness (QED) is 0.0393. The van der Waals surface area contributed by atoms with Crippen LogP contribution in [0.3, 0.4) is 0 Å². The van der Waals surface area contributed by atoms with Gasteiger partial charge in [0.05, 0.1) is 56.6 Å². The van der Waals surface area contributed by atoms with E-state index in [1.807, 2.05) is 30.3 Å². The molecule has 14 heteroatoms. The zero-order chi connectivity index (χ0) is 36.3. The standard InChI is InChI=1S/C34H62O7.H4O5P2/c1-3-5-7-9-11-13-18-22-31(39)33(27-38,29-41-28-32(24-35,25-36)26-37)34(40,30-20-16-15-17-21-30)23-19-14-12-10-8-6-4-2;1-6(2)5-7(3)4/h15-17,20-21,31,35-40H,3-14,18-19,22-29H2,1-2H3;1-4H. The van der Waals surface area contributed by atoms with Crippen molar-refractivity contribution in [2.24, 2.45) is 10.8 Å². The topological polar surface area (TPSA) is 221 Å². The van der Waals surface area contributed by atoms with Crippen molar-refractivity contribution in [2.75, 3.05) is 39.6 Å². The molecule has 0 spiro atoms. The highest BCUT2D eigenvalue weighted by molar-refractivity contribution is 7.53. The number of rotatable bonds is 29. The van der Waals surface area contributed by atoms with Gasteiger partial charge in [-0.25, -0.2) is 4.31 Å². The van der Waals surface area contributed by atoms with Crippen LogP contribution in [0.25, 0.3) is 0 Å². The van der Waals surface area contributed by atoms with Gasteiger partial charge in [-0.1, -0.05) is 134 Å². The molecule has 10 N–H and O–H groups in total. The maximum Gasteiger partial charge on any atom is 0.334 e. The van der Waals surface area contributed by atoms with Crippen LogP contribution in [0.2, 0.25) is 0 Å². The summed E-state index contributed by atoms with van der Waals surface area (Å²) in [6.45, 7) is 2.08. The molecule has 0 radical (unpaired) electrons. The maximum absolute atomic E-state index is 12.6. The highest BCUT2D eigenvalue weighted by Gasteiger charge is 2.55. The summed E-state index contributed by atoms with van der Waals surface area (Å²) in [6, 6.07) is 9.26. The van der Waals surface area contributed by atoms with Gasteiger partial charge in [0.2, 0.25) is 0 Å². The van der Waals surface area contributed by atoms with Crippen molar-refractivity contribution in [3.8, 4) is 0 Å². The van der Waals surface area contributed by atoms with Crippen molar-refractivity contribution in [3.05, 3.63) is 35.9 Å². The van der Waals surface area contributed by atoms with E-state index in [4.69, 9.17) is 24.3 Å². The van der Waals surface area contributed by atoms with E-state index in [0.29, 0.717) is 18.4 Å². The normalized spacial score (nSPS) is 15.2. The lowest BCUT2D eigenvalue weighted by Gasteiger charge is -2.50. The summed E-state index contributed by atoms with van der Waals surface area (Å²) in [5.74, 6) is 0. The smallest absolute Gasteiger partial charge is 0.334 e. The summed E-state index contributed by atoms with van der Waals surface area (Å²) in [5, 5.41) is 64.7. The van der Waals surface area contributed by atoms with Crippen molar-refractivity contribution >= 4 is 17.2 Å². The Kier molecular flexibility index (Phi) is 28.0. The predicted molar refractivity (Wildman–Crippen MR) is 189 cm³/mol. The highest BCUT2D eigenvalue weighted by atomic mass is 31.2. The zero-order valence-electron chi connectivity index (χ0n) is 29.2. The summed E-state index contributed by atoms with van der Waals surface area (Å²) in [6.07, 6.45) is 14.8. The Morgan fingerprint density at radius 3 is 1.50 bits per heavy atom. The third-order valence-corrected chi connectivity index (χ3v) is 10.3. The molecule has 0 amide bonds. The van der Waals surface area contributed by atoms with Gasteiger partial charge in [-0.15, -0.1) is 0 Å². The molecule has 1 aromatic carbocycles. The second-order valence-corrected chi connectivity index (χ2v) is 14.6. The van der Waals surface area contributed by atoms with Gasteiger partial charge in [0.1, 0.15) is 5.60 Å². The van der Waals surface area contributed by atoms with Crippen LogP contribution < -0.4 is 0 Å². The molecule has 48 heavy (non-hydrogen) atoms. The van der Waals surface area contributed by atoms with Crippen LogP contribution >= 0.6 is 17.2 Å². The molecule has 0 aliphatic rings. The number of benzene rings is 1. The molecule has 3 atom stereocenters. The van der Waals surface area contributed by atoms with Crippen LogP contribution in [0.15, 0.2) is 30.3 Å². The Morgan fingerprint density at radius 2 is 1.08 bits per heavy atom. The molecular formula is C34H66O12P2. The molecule has 3 unspecified atom stereocenters. The molecular weight excluding hydrogens is 662 g/mol. The van der Waals surface area contributed by atoms with E-state index in [2.05, 4.69) is 18.2 Å². The third-order valence-electron chi connectivity index (χ3n) is 9.14. The molecule has 0 bridgehead atoms. The first-order valence-electron chi connectivity index (χ1n) is 17.5. The molecule has 0 saturated carbocycles. The van der Waals surface area contributed by atoms with Gasteiger partial charge in [0.25, 0.3) is 0 Å². The molecule has 0 aliphatic carbocycles. The SMILES string of the molecule is CCCCCCCCCC(O)C(CO)(COCC(CO)(CO)CO)C(O)(CCCCCCCCC)c1ccccc1.OP(O)OP(O)O. The maximum atomic E-state index is 12.6. The lowest BCUT2D eigenvalue weighted by atomic mass is 9.62. The van der Waals surface area contributed by atoms with Gasteiger partial charge in [-0.2, -0.15) is 0 Å². The van der Waals surface area contributed by atoms with E-state index in [1.165, 1.54) is 38.5 Å². The second-order valence-electron chi connectivity index (χ2n) is 12.9. The van der Waals surface area contributed by atoms with Gasteiger partial charge in [0, 0.05) is 0 Å². The molecule has 12 nitrogen and oxygen atoms in total. The lowest BCUT2D eigenvalue weighted by molar-refractivity contribution is -0.211. The summed E-state index contributed by atoms with van der Waals surface area (Å²) in [5.41, 5.74) is -3.65. The molecule has 1 aromatic rings. The van der Waals surface area contributed by atoms with E-state index in [0.717, 1.165) is 51.4 Å². The first-order chi connectivity index (χ1) is 23.0. The van der Waals surface area contributed by atoms with Gasteiger partial charge in [-0.05, 0) is 18.4 Å². The second kappa shape index (κ2) is 28.2. The zero-order valence-corrected chi connectivity index (χ0v) is 31.0. The third kappa shape index (κ3) is 17.7. The van der Waals surface area contributed by atoms with Crippen molar-refractivity contribution in [2.45, 2.75) is 128 Å². The van der Waals surface area contributed by atoms with Gasteiger partial charge in [-0.3, -0.25) is 0 Å². The molecule has 0 heterocycles. The van der Waals surface area contributed by atoms with E-state index < -0.39 is 66.2 Å². The minimum atomic E-state index is -2.61. The van der Waals surface area contributed by atoms with Crippen LogP contribution in [0.4, 0.5) is 0 Å². The summed E-state index contributed by atoms with van der Waals surface area (Å²) < 4.78 is 9.60. The van der Waals surface area contributed by atoms with Crippen molar-refractivity contribution < 1.29 is 59.3 Å². The number of aliphatic hydroxyl groups is 6. The number of ether oxygens (including phenoxy) is 1. The first kappa shape index (κ1) is 47.6. The number of hydrogen-bond donors (Lipinski definition) is 10. The van der Waals surface area contributed by atoms with Gasteiger partial charge in [0.15, 0.2) is 0 Å². The minimum absolute atomic E-state index is 0.176. The Hall–Kier alpha value is -0.400. The monoisotopic (exact) mass is 728 g/mol. The lowest BCUT2D eigenvalue weighted by Crippen LogP contribution is -2.58. The Morgan fingerprint density at radius 1 is 0.625 bits per heavy atom. The van der Waals surface area contributed by atoms with Crippen LogP contribution in [-0.2, 0) is 14.6 Å². The number of aliphatic hydroxyl groups excluding tert-OH is 5. The largest absolute Gasteiger partial charge is 0.396 e. The van der Waals surface area contributed by atoms with Crippen LogP contribution in [0.1, 0.15) is 122 Å². The fourth-order valence-corrected chi connectivity index (χ4v) is 6.40. The van der Waals surface area contributed by atoms with E-state index in [1.54, 1.807) is 0 Å². The average Bonchev–Trinajstić information content (AvgIpc) is 3.08. The Labute approximate surface area is 290 Å². The minimum Gasteiger partial charge on any atom is -0.396 e. The van der Waals surface area contributed by atoms with E-state index >= 15 is 0 Å². The van der Waals surface area contributed by atoms with Crippen molar-refractivity contribution in [1.82, 2.24) is 0 Å². The molecule has 1 rings (SSSR count). The van der Waals surface area contributed by atoms with Crippen LogP contribution in [-0.4, -0.2) is 96.0 Å². The summed E-state index contributed by atoms with van der Waals surface area (Å²) in [4.78, 5) is 31.3. The van der Waals surface area contributed by atoms with Gasteiger partial charge >= 0.3 is 17.2 Å². The fourth-order valence-electron chi connectivity index (χ4n) is 5.88. The highest BCUT2D eigenvalue weighted by Crippen LogP contribution is 2.48. The molecule has 0 aromatic heterocycles. The number of unbranched alkanes of at least 4 members (excludes halogenated alkanes) is 12. The predicted octanol–water partition coefficient (Wildman–Crippen LogP) is 4.90. The fraction of sp³-hybridized carbons (Fsp3) is 0.824. The van der Waals surface area contributed by atoms with Crippen LogP contribution in [0.5, 0.6) is 0 Å². The van der Waals surface area contributed by atoms with E-state index in [9.17, 15) is 30.6 Å². The molecule has 0 aliphatic heterocycles. The first-order valence-corrected chi connectivity index (χ1v) is 19.8. The van der Waals surface area contributed by atoms with Gasteiger partial charge < -0.3 is 54.9 Å². The summed E-state index contributed by atoms with van der Waals surface area (Å²) in [7, 11) is -5.22. The van der Waals surface area contributed by atoms with Crippen molar-refractivity contribution in [1.29, 1.82) is 0 Å². The van der Waals surface area contributed by atoms with Crippen molar-refractivity contribution in [3.63, 3.8) is 0 Å². The average molecular weight is 729 g/mol. The summed E-state index contributed by atoms with van der Waals surface area (Å²) >= 11 is 0. The Bertz CT molecular complexity index is 852. The Balaban J connectivity index is 0.00000282. The molecule has 284 valence electrons. The van der Waals surface area contributed by atoms with E-state index in [-0.39, 0.29) is 13.2 Å². The molecule has 0 fully saturated rings. The number of hydrogen-bond acceptors (Lipinski definition) is 12.